The lowest BCUT2D eigenvalue weighted by Gasteiger charge is -2.23. The molecule has 8 heteroatoms. The summed E-state index contributed by atoms with van der Waals surface area (Å²) in [6.07, 6.45) is -3.20. The Morgan fingerprint density at radius 2 is 1.52 bits per heavy atom. The molecule has 0 spiro atoms. The lowest BCUT2D eigenvalue weighted by atomic mass is 10.1. The first-order valence-electron chi connectivity index (χ1n) is 10.3. The van der Waals surface area contributed by atoms with E-state index in [0.717, 1.165) is 11.8 Å². The van der Waals surface area contributed by atoms with E-state index in [2.05, 4.69) is 0 Å². The van der Waals surface area contributed by atoms with Crippen LogP contribution in [0.15, 0.2) is 54.6 Å². The molecule has 166 valence electrons. The highest BCUT2D eigenvalue weighted by molar-refractivity contribution is 5.96. The maximum Gasteiger partial charge on any atom is 0.417 e. The third-order valence-electron chi connectivity index (χ3n) is 5.15. The van der Waals surface area contributed by atoms with Crippen LogP contribution in [-0.4, -0.2) is 54.4 Å². The first-order chi connectivity index (χ1) is 14.9. The molecule has 0 aliphatic carbocycles. The first-order valence-corrected chi connectivity index (χ1v) is 10.3. The maximum atomic E-state index is 13.2. The van der Waals surface area contributed by atoms with Gasteiger partial charge in [-0.2, -0.15) is 13.2 Å². The van der Waals surface area contributed by atoms with Crippen LogP contribution in [0.4, 0.5) is 13.2 Å². The number of halogens is 3. The number of amides is 2. The molecule has 1 aliphatic rings. The molecule has 3 rings (SSSR count). The van der Waals surface area contributed by atoms with Gasteiger partial charge in [0.1, 0.15) is 5.75 Å². The fraction of sp³-hybridized carbons (Fsp3) is 0.391. The van der Waals surface area contributed by atoms with Gasteiger partial charge in [-0.3, -0.25) is 9.59 Å². The van der Waals surface area contributed by atoms with E-state index >= 15 is 0 Å². The van der Waals surface area contributed by atoms with E-state index in [9.17, 15) is 22.8 Å². The SMILES string of the molecule is O=C(CCCOc1ccccc1)N1CCCN(C(=O)c2ccccc2C(F)(F)F)CC1. The molecule has 0 radical (unpaired) electrons. The third kappa shape index (κ3) is 6.23. The van der Waals surface area contributed by atoms with Crippen LogP contribution >= 0.6 is 0 Å². The highest BCUT2D eigenvalue weighted by atomic mass is 19.4. The van der Waals surface area contributed by atoms with Crippen LogP contribution in [0.25, 0.3) is 0 Å². The minimum atomic E-state index is -4.60. The van der Waals surface area contributed by atoms with Crippen molar-refractivity contribution in [2.24, 2.45) is 0 Å². The summed E-state index contributed by atoms with van der Waals surface area (Å²) in [5, 5.41) is 0. The molecular weight excluding hydrogens is 409 g/mol. The van der Waals surface area contributed by atoms with Crippen LogP contribution in [-0.2, 0) is 11.0 Å². The number of benzene rings is 2. The van der Waals surface area contributed by atoms with Gasteiger partial charge < -0.3 is 14.5 Å². The average Bonchev–Trinajstić information content (AvgIpc) is 3.03. The number of hydrogen-bond acceptors (Lipinski definition) is 3. The van der Waals surface area contributed by atoms with Gasteiger partial charge in [-0.05, 0) is 37.1 Å². The summed E-state index contributed by atoms with van der Waals surface area (Å²) in [6, 6.07) is 14.1. The Bertz CT molecular complexity index is 887. The van der Waals surface area contributed by atoms with Gasteiger partial charge in [0.2, 0.25) is 5.91 Å². The molecule has 2 amide bonds. The summed E-state index contributed by atoms with van der Waals surface area (Å²) in [4.78, 5) is 28.3. The van der Waals surface area contributed by atoms with Crippen molar-refractivity contribution >= 4 is 11.8 Å². The molecule has 1 saturated heterocycles. The summed E-state index contributed by atoms with van der Waals surface area (Å²) in [5.41, 5.74) is -1.29. The summed E-state index contributed by atoms with van der Waals surface area (Å²) in [5.74, 6) is 0.0538. The molecule has 2 aromatic rings. The van der Waals surface area contributed by atoms with Gasteiger partial charge in [-0.1, -0.05) is 30.3 Å². The number of carbonyl (C=O) groups excluding carboxylic acids is 2. The summed E-state index contributed by atoms with van der Waals surface area (Å²) >= 11 is 0. The predicted molar refractivity (Wildman–Crippen MR) is 110 cm³/mol. The molecule has 31 heavy (non-hydrogen) atoms. The third-order valence-corrected chi connectivity index (χ3v) is 5.15. The van der Waals surface area contributed by atoms with Gasteiger partial charge in [0.25, 0.3) is 5.91 Å². The Morgan fingerprint density at radius 3 is 2.26 bits per heavy atom. The highest BCUT2D eigenvalue weighted by Gasteiger charge is 2.36. The molecule has 0 N–H and O–H groups in total. The van der Waals surface area contributed by atoms with Crippen LogP contribution in [0, 0.1) is 0 Å². The molecule has 2 aromatic carbocycles. The lowest BCUT2D eigenvalue weighted by Crippen LogP contribution is -2.38. The quantitative estimate of drug-likeness (QED) is 0.639. The maximum absolute atomic E-state index is 13.2. The number of ether oxygens (including phenoxy) is 1. The standard InChI is InChI=1S/C23H25F3N2O3/c24-23(25,26)20-11-5-4-10-19(20)22(30)28-14-7-13-27(15-16-28)21(29)12-6-17-31-18-8-2-1-3-9-18/h1-5,8-11H,6-7,12-17H2. The second-order valence-electron chi connectivity index (χ2n) is 7.33. The highest BCUT2D eigenvalue weighted by Crippen LogP contribution is 2.32. The largest absolute Gasteiger partial charge is 0.494 e. The van der Waals surface area contributed by atoms with Crippen LogP contribution < -0.4 is 4.74 Å². The Kier molecular flexibility index (Phi) is 7.55. The fourth-order valence-electron chi connectivity index (χ4n) is 3.55. The van der Waals surface area contributed by atoms with Crippen LogP contribution in [0.2, 0.25) is 0 Å². The second-order valence-corrected chi connectivity index (χ2v) is 7.33. The number of nitrogens with zero attached hydrogens (tertiary/aromatic N) is 2. The average molecular weight is 434 g/mol. The van der Waals surface area contributed by atoms with E-state index in [1.165, 1.54) is 23.1 Å². The van der Waals surface area contributed by atoms with Crippen molar-refractivity contribution in [2.45, 2.75) is 25.4 Å². The number of carbonyl (C=O) groups is 2. The molecule has 5 nitrogen and oxygen atoms in total. The fourth-order valence-corrected chi connectivity index (χ4v) is 3.55. The smallest absolute Gasteiger partial charge is 0.417 e. The zero-order valence-corrected chi connectivity index (χ0v) is 17.1. The minimum Gasteiger partial charge on any atom is -0.494 e. The van der Waals surface area contributed by atoms with Gasteiger partial charge in [-0.15, -0.1) is 0 Å². The van der Waals surface area contributed by atoms with Gasteiger partial charge >= 0.3 is 6.18 Å². The number of hydrogen-bond donors (Lipinski definition) is 0. The van der Waals surface area contributed by atoms with Crippen molar-refractivity contribution < 1.29 is 27.5 Å². The Morgan fingerprint density at radius 1 is 0.871 bits per heavy atom. The van der Waals surface area contributed by atoms with E-state index in [1.807, 2.05) is 30.3 Å². The molecule has 1 fully saturated rings. The van der Waals surface area contributed by atoms with Crippen molar-refractivity contribution in [2.75, 3.05) is 32.8 Å². The first kappa shape index (κ1) is 22.7. The lowest BCUT2D eigenvalue weighted by molar-refractivity contribution is -0.138. The molecule has 0 unspecified atom stereocenters. The van der Waals surface area contributed by atoms with Crippen molar-refractivity contribution in [1.29, 1.82) is 0 Å². The van der Waals surface area contributed by atoms with Gasteiger partial charge in [-0.25, -0.2) is 0 Å². The molecule has 1 aliphatic heterocycles. The Balaban J connectivity index is 1.51. The van der Waals surface area contributed by atoms with E-state index in [-0.39, 0.29) is 18.0 Å². The number of para-hydroxylation sites is 1. The van der Waals surface area contributed by atoms with E-state index in [4.69, 9.17) is 4.74 Å². The Hall–Kier alpha value is -3.03. The second kappa shape index (κ2) is 10.3. The molecule has 0 bridgehead atoms. The van der Waals surface area contributed by atoms with Crippen LogP contribution in [0.1, 0.15) is 35.2 Å². The van der Waals surface area contributed by atoms with Crippen molar-refractivity contribution in [3.63, 3.8) is 0 Å². The van der Waals surface area contributed by atoms with Gasteiger partial charge in [0.05, 0.1) is 17.7 Å². The number of rotatable bonds is 6. The van der Waals surface area contributed by atoms with Crippen molar-refractivity contribution in [3.8, 4) is 5.75 Å². The van der Waals surface area contributed by atoms with E-state index in [0.29, 0.717) is 45.5 Å². The topological polar surface area (TPSA) is 49.9 Å². The monoisotopic (exact) mass is 434 g/mol. The normalized spacial score (nSPS) is 14.8. The Labute approximate surface area is 179 Å². The molecule has 0 aromatic heterocycles. The molecular formula is C23H25F3N2O3. The minimum absolute atomic E-state index is 0.0401. The summed E-state index contributed by atoms with van der Waals surface area (Å²) in [6.45, 7) is 1.72. The molecule has 0 saturated carbocycles. The summed E-state index contributed by atoms with van der Waals surface area (Å²) < 4.78 is 45.3. The zero-order valence-electron chi connectivity index (χ0n) is 17.1. The van der Waals surface area contributed by atoms with Gasteiger partial charge in [0, 0.05) is 32.6 Å². The number of alkyl halides is 3. The van der Waals surface area contributed by atoms with Crippen LogP contribution in [0.3, 0.4) is 0 Å². The predicted octanol–water partition coefficient (Wildman–Crippen LogP) is 4.24. The van der Waals surface area contributed by atoms with Crippen molar-refractivity contribution in [1.82, 2.24) is 9.80 Å². The van der Waals surface area contributed by atoms with Gasteiger partial charge in [0.15, 0.2) is 0 Å². The molecule has 0 atom stereocenters. The summed E-state index contributed by atoms with van der Waals surface area (Å²) in [7, 11) is 0. The zero-order chi connectivity index (χ0) is 22.3. The van der Waals surface area contributed by atoms with Crippen LogP contribution in [0.5, 0.6) is 5.75 Å². The van der Waals surface area contributed by atoms with E-state index < -0.39 is 17.6 Å². The van der Waals surface area contributed by atoms with E-state index in [1.54, 1.807) is 4.90 Å². The van der Waals surface area contributed by atoms with Crippen molar-refractivity contribution in [3.05, 3.63) is 65.7 Å². The molecule has 1 heterocycles.